The number of hydrogen-bond acceptors (Lipinski definition) is 2. The Balaban J connectivity index is 2.73. The van der Waals surface area contributed by atoms with Crippen molar-refractivity contribution in [3.05, 3.63) is 0 Å². The summed E-state index contributed by atoms with van der Waals surface area (Å²) >= 11 is 0. The molecular formula is C16H30N2. The SMILES string of the molecule is C#CCCCC(NCC)C1(N(C)C)CCCCC1. The molecule has 2 nitrogen and oxygen atoms in total. The molecule has 0 heterocycles. The van der Waals surface area contributed by atoms with Crippen LogP contribution in [-0.4, -0.2) is 37.1 Å². The van der Waals surface area contributed by atoms with E-state index < -0.39 is 0 Å². The van der Waals surface area contributed by atoms with Crippen LogP contribution in [0.3, 0.4) is 0 Å². The van der Waals surface area contributed by atoms with Crippen molar-refractivity contribution < 1.29 is 0 Å². The van der Waals surface area contributed by atoms with E-state index in [1.54, 1.807) is 0 Å². The molecule has 1 aliphatic carbocycles. The Morgan fingerprint density at radius 1 is 1.28 bits per heavy atom. The standard InChI is InChI=1S/C16H30N2/c1-5-7-9-12-15(17-6-2)16(18(3)4)13-10-8-11-14-16/h1,15,17H,6-14H2,2-4H3. The van der Waals surface area contributed by atoms with E-state index in [2.05, 4.69) is 37.2 Å². The van der Waals surface area contributed by atoms with Crippen molar-refractivity contribution in [1.82, 2.24) is 10.2 Å². The summed E-state index contributed by atoms with van der Waals surface area (Å²) in [4.78, 5) is 2.47. The van der Waals surface area contributed by atoms with Gasteiger partial charge in [-0.2, -0.15) is 0 Å². The Bertz CT molecular complexity index is 259. The molecule has 2 heteroatoms. The predicted octanol–water partition coefficient (Wildman–Crippen LogP) is 3.03. The first-order valence-corrected chi connectivity index (χ1v) is 7.51. The van der Waals surface area contributed by atoms with E-state index in [0.29, 0.717) is 11.6 Å². The highest BCUT2D eigenvalue weighted by Gasteiger charge is 2.40. The molecule has 1 unspecified atom stereocenters. The maximum Gasteiger partial charge on any atom is 0.0356 e. The number of hydrogen-bond donors (Lipinski definition) is 1. The van der Waals surface area contributed by atoms with E-state index in [0.717, 1.165) is 19.4 Å². The summed E-state index contributed by atoms with van der Waals surface area (Å²) in [6.07, 6.45) is 15.4. The predicted molar refractivity (Wildman–Crippen MR) is 79.7 cm³/mol. The fraction of sp³-hybridized carbons (Fsp3) is 0.875. The van der Waals surface area contributed by atoms with Gasteiger partial charge in [0, 0.05) is 18.0 Å². The highest BCUT2D eigenvalue weighted by molar-refractivity contribution is 5.00. The molecule has 0 aromatic rings. The van der Waals surface area contributed by atoms with Crippen molar-refractivity contribution in [3.63, 3.8) is 0 Å². The highest BCUT2D eigenvalue weighted by Crippen LogP contribution is 2.36. The fourth-order valence-electron chi connectivity index (χ4n) is 3.49. The van der Waals surface area contributed by atoms with E-state index >= 15 is 0 Å². The lowest BCUT2D eigenvalue weighted by molar-refractivity contribution is 0.0534. The first-order valence-electron chi connectivity index (χ1n) is 7.51. The molecule has 1 aliphatic rings. The van der Waals surface area contributed by atoms with E-state index in [1.807, 2.05) is 0 Å². The zero-order chi connectivity index (χ0) is 13.4. The maximum atomic E-state index is 5.38. The van der Waals surface area contributed by atoms with Crippen molar-refractivity contribution in [1.29, 1.82) is 0 Å². The van der Waals surface area contributed by atoms with Gasteiger partial charge >= 0.3 is 0 Å². The Hall–Kier alpha value is -0.520. The van der Waals surface area contributed by atoms with Crippen molar-refractivity contribution in [3.8, 4) is 12.3 Å². The van der Waals surface area contributed by atoms with Gasteiger partial charge in [-0.15, -0.1) is 12.3 Å². The highest BCUT2D eigenvalue weighted by atomic mass is 15.2. The van der Waals surface area contributed by atoms with Gasteiger partial charge in [0.25, 0.3) is 0 Å². The molecule has 0 aromatic carbocycles. The van der Waals surface area contributed by atoms with Crippen molar-refractivity contribution in [2.45, 2.75) is 69.9 Å². The Morgan fingerprint density at radius 3 is 2.44 bits per heavy atom. The first kappa shape index (κ1) is 15.5. The summed E-state index contributed by atoms with van der Waals surface area (Å²) in [6.45, 7) is 3.26. The second kappa shape index (κ2) is 7.81. The van der Waals surface area contributed by atoms with Crippen LogP contribution in [0.25, 0.3) is 0 Å². The van der Waals surface area contributed by atoms with Gasteiger partial charge in [-0.3, -0.25) is 0 Å². The summed E-state index contributed by atoms with van der Waals surface area (Å²) in [5.74, 6) is 2.77. The van der Waals surface area contributed by atoms with Gasteiger partial charge in [0.2, 0.25) is 0 Å². The average molecular weight is 250 g/mol. The average Bonchev–Trinajstić information content (AvgIpc) is 2.38. The zero-order valence-electron chi connectivity index (χ0n) is 12.5. The summed E-state index contributed by atoms with van der Waals surface area (Å²) in [5, 5.41) is 3.72. The van der Waals surface area contributed by atoms with Crippen LogP contribution in [0.1, 0.15) is 58.3 Å². The van der Waals surface area contributed by atoms with Gasteiger partial charge in [0.15, 0.2) is 0 Å². The van der Waals surface area contributed by atoms with Gasteiger partial charge in [0.1, 0.15) is 0 Å². The van der Waals surface area contributed by atoms with Crippen molar-refractivity contribution in [2.24, 2.45) is 0 Å². The molecule has 104 valence electrons. The molecule has 1 N–H and O–H groups in total. The molecule has 1 rings (SSSR count). The van der Waals surface area contributed by atoms with Gasteiger partial charge < -0.3 is 10.2 Å². The van der Waals surface area contributed by atoms with Crippen molar-refractivity contribution in [2.75, 3.05) is 20.6 Å². The Kier molecular flexibility index (Phi) is 6.75. The minimum Gasteiger partial charge on any atom is -0.312 e. The monoisotopic (exact) mass is 250 g/mol. The zero-order valence-corrected chi connectivity index (χ0v) is 12.5. The molecule has 0 spiro atoms. The topological polar surface area (TPSA) is 15.3 Å². The second-order valence-electron chi connectivity index (χ2n) is 5.77. The van der Waals surface area contributed by atoms with Crippen LogP contribution in [0.4, 0.5) is 0 Å². The third-order valence-electron chi connectivity index (χ3n) is 4.52. The largest absolute Gasteiger partial charge is 0.312 e. The van der Waals surface area contributed by atoms with E-state index in [9.17, 15) is 0 Å². The third kappa shape index (κ3) is 3.73. The van der Waals surface area contributed by atoms with Gasteiger partial charge in [-0.1, -0.05) is 26.2 Å². The summed E-state index contributed by atoms with van der Waals surface area (Å²) in [6, 6.07) is 0.589. The minimum absolute atomic E-state index is 0.350. The molecule has 0 saturated heterocycles. The van der Waals surface area contributed by atoms with E-state index in [1.165, 1.54) is 38.5 Å². The number of nitrogens with one attached hydrogen (secondary N) is 1. The molecule has 1 saturated carbocycles. The quantitative estimate of drug-likeness (QED) is 0.552. The minimum atomic E-state index is 0.350. The normalized spacial score (nSPS) is 20.6. The molecule has 0 bridgehead atoms. The number of rotatable bonds is 7. The Labute approximate surface area is 114 Å². The van der Waals surface area contributed by atoms with Crippen LogP contribution in [0, 0.1) is 12.3 Å². The Morgan fingerprint density at radius 2 is 1.94 bits per heavy atom. The van der Waals surface area contributed by atoms with Gasteiger partial charge in [-0.05, 0) is 46.3 Å². The van der Waals surface area contributed by atoms with Crippen LogP contribution in [0.2, 0.25) is 0 Å². The second-order valence-corrected chi connectivity index (χ2v) is 5.77. The van der Waals surface area contributed by atoms with Gasteiger partial charge in [-0.25, -0.2) is 0 Å². The molecule has 1 fully saturated rings. The summed E-state index contributed by atoms with van der Waals surface area (Å²) < 4.78 is 0. The van der Waals surface area contributed by atoms with Crippen LogP contribution < -0.4 is 5.32 Å². The summed E-state index contributed by atoms with van der Waals surface area (Å²) in [7, 11) is 4.49. The van der Waals surface area contributed by atoms with Crippen LogP contribution in [-0.2, 0) is 0 Å². The lowest BCUT2D eigenvalue weighted by atomic mass is 9.73. The number of nitrogens with zero attached hydrogens (tertiary/aromatic N) is 1. The lowest BCUT2D eigenvalue weighted by Gasteiger charge is -2.49. The molecular weight excluding hydrogens is 220 g/mol. The molecule has 1 atom stereocenters. The van der Waals surface area contributed by atoms with Crippen LogP contribution in [0.15, 0.2) is 0 Å². The number of likely N-dealkylation sites (N-methyl/N-ethyl adjacent to an activating group) is 2. The molecule has 0 amide bonds. The number of terminal acetylenes is 1. The summed E-state index contributed by atoms with van der Waals surface area (Å²) in [5.41, 5.74) is 0.350. The number of unbranched alkanes of at least 4 members (excludes halogenated alkanes) is 1. The molecule has 0 radical (unpaired) electrons. The molecule has 18 heavy (non-hydrogen) atoms. The molecule has 0 aromatic heterocycles. The lowest BCUT2D eigenvalue weighted by Crippen LogP contribution is -2.59. The van der Waals surface area contributed by atoms with Crippen LogP contribution in [0.5, 0.6) is 0 Å². The molecule has 0 aliphatic heterocycles. The van der Waals surface area contributed by atoms with E-state index in [4.69, 9.17) is 6.42 Å². The fourth-order valence-corrected chi connectivity index (χ4v) is 3.49. The first-order chi connectivity index (χ1) is 8.67. The van der Waals surface area contributed by atoms with Crippen LogP contribution >= 0.6 is 0 Å². The van der Waals surface area contributed by atoms with Crippen molar-refractivity contribution >= 4 is 0 Å². The third-order valence-corrected chi connectivity index (χ3v) is 4.52. The van der Waals surface area contributed by atoms with E-state index in [-0.39, 0.29) is 0 Å². The smallest absolute Gasteiger partial charge is 0.0356 e. The maximum absolute atomic E-state index is 5.38. The van der Waals surface area contributed by atoms with Gasteiger partial charge in [0.05, 0.1) is 0 Å².